The zero-order valence-corrected chi connectivity index (χ0v) is 14.0. The van der Waals surface area contributed by atoms with Crippen LogP contribution in [0.2, 0.25) is 0 Å². The van der Waals surface area contributed by atoms with Crippen molar-refractivity contribution < 1.29 is 9.13 Å². The first-order valence-corrected chi connectivity index (χ1v) is 7.66. The molecule has 0 fully saturated rings. The first-order valence-electron chi connectivity index (χ1n) is 7.26. The second-order valence-corrected chi connectivity index (χ2v) is 5.21. The van der Waals surface area contributed by atoms with Gasteiger partial charge in [0.25, 0.3) is 0 Å². The van der Waals surface area contributed by atoms with Gasteiger partial charge in [-0.25, -0.2) is 9.37 Å². The highest BCUT2D eigenvalue weighted by Crippen LogP contribution is 2.23. The summed E-state index contributed by atoms with van der Waals surface area (Å²) in [4.78, 5) is 8.10. The summed E-state index contributed by atoms with van der Waals surface area (Å²) in [6, 6.07) is 6.24. The molecule has 0 amide bonds. The van der Waals surface area contributed by atoms with Gasteiger partial charge in [0.15, 0.2) is 16.7 Å². The lowest BCUT2D eigenvalue weighted by Crippen LogP contribution is -2.32. The number of ether oxygens (including phenoxy) is 1. The minimum atomic E-state index is -0.515. The van der Waals surface area contributed by atoms with E-state index in [0.29, 0.717) is 18.0 Å². The van der Waals surface area contributed by atoms with Crippen LogP contribution in [0.4, 0.5) is 10.2 Å². The predicted molar refractivity (Wildman–Crippen MR) is 92.1 cm³/mol. The van der Waals surface area contributed by atoms with Crippen molar-refractivity contribution in [3.05, 3.63) is 47.7 Å². The number of anilines is 1. The van der Waals surface area contributed by atoms with Gasteiger partial charge in [-0.15, -0.1) is 0 Å². The molecule has 0 saturated carbocycles. The average molecular weight is 345 g/mol. The van der Waals surface area contributed by atoms with Crippen molar-refractivity contribution in [2.24, 2.45) is 0 Å². The van der Waals surface area contributed by atoms with Crippen molar-refractivity contribution >= 4 is 23.1 Å². The van der Waals surface area contributed by atoms with Crippen LogP contribution in [0.1, 0.15) is 31.1 Å². The average Bonchev–Trinajstić information content (AvgIpc) is 2.57. The Morgan fingerprint density at radius 1 is 1.42 bits per heavy atom. The molecule has 6 nitrogen and oxygen atoms in total. The van der Waals surface area contributed by atoms with Crippen LogP contribution < -0.4 is 15.4 Å². The number of halogens is 1. The molecule has 0 aliphatic heterocycles. The lowest BCUT2D eigenvalue weighted by Gasteiger charge is -2.17. The van der Waals surface area contributed by atoms with Crippen LogP contribution in [0.3, 0.4) is 0 Å². The second kappa shape index (κ2) is 8.17. The molecule has 0 bridgehead atoms. The predicted octanol–water partition coefficient (Wildman–Crippen LogP) is 2.93. The maximum Gasteiger partial charge on any atom is 0.188 e. The molecule has 2 aromatic heterocycles. The molecule has 0 saturated heterocycles. The van der Waals surface area contributed by atoms with Gasteiger partial charge in [0.05, 0.1) is 18.2 Å². The molecular weight excluding hydrogens is 329 g/mol. The van der Waals surface area contributed by atoms with Gasteiger partial charge in [-0.1, -0.05) is 0 Å². The van der Waals surface area contributed by atoms with E-state index >= 15 is 0 Å². The number of pyridine rings is 2. The number of hydrogen-bond donors (Lipinski definition) is 2. The van der Waals surface area contributed by atoms with Crippen molar-refractivity contribution in [3.63, 3.8) is 0 Å². The Morgan fingerprint density at radius 3 is 2.83 bits per heavy atom. The molecule has 0 aromatic carbocycles. The van der Waals surface area contributed by atoms with E-state index in [4.69, 9.17) is 22.2 Å². The van der Waals surface area contributed by atoms with Gasteiger partial charge >= 0.3 is 0 Å². The van der Waals surface area contributed by atoms with E-state index in [9.17, 15) is 4.39 Å². The Balaban J connectivity index is 2.03. The van der Waals surface area contributed by atoms with Gasteiger partial charge in [-0.05, 0) is 38.2 Å². The maximum absolute atomic E-state index is 14.3. The smallest absolute Gasteiger partial charge is 0.188 e. The van der Waals surface area contributed by atoms with Crippen molar-refractivity contribution in [1.29, 1.82) is 5.26 Å². The summed E-state index contributed by atoms with van der Waals surface area (Å²) in [5.74, 6) is 0.123. The van der Waals surface area contributed by atoms with Crippen LogP contribution >= 0.6 is 12.2 Å². The van der Waals surface area contributed by atoms with Crippen molar-refractivity contribution in [2.75, 3.05) is 11.9 Å². The molecule has 2 rings (SSSR count). The van der Waals surface area contributed by atoms with Gasteiger partial charge in [0, 0.05) is 18.5 Å². The third kappa shape index (κ3) is 4.36. The van der Waals surface area contributed by atoms with Crippen LogP contribution in [0.15, 0.2) is 30.6 Å². The fourth-order valence-electron chi connectivity index (χ4n) is 1.96. The summed E-state index contributed by atoms with van der Waals surface area (Å²) < 4.78 is 19.6. The quantitative estimate of drug-likeness (QED) is 0.806. The number of nitriles is 1. The number of nitrogens with one attached hydrogen (secondary N) is 2. The molecule has 1 unspecified atom stereocenters. The maximum atomic E-state index is 14.3. The van der Waals surface area contributed by atoms with E-state index in [1.54, 1.807) is 26.0 Å². The van der Waals surface area contributed by atoms with Gasteiger partial charge in [0.2, 0.25) is 0 Å². The fourth-order valence-corrected chi connectivity index (χ4v) is 2.24. The highest BCUT2D eigenvalue weighted by Gasteiger charge is 2.17. The van der Waals surface area contributed by atoms with Crippen LogP contribution in [0.5, 0.6) is 5.75 Å². The summed E-state index contributed by atoms with van der Waals surface area (Å²) in [5, 5.41) is 14.8. The van der Waals surface area contributed by atoms with Crippen LogP contribution in [0.25, 0.3) is 0 Å². The van der Waals surface area contributed by atoms with E-state index in [1.807, 2.05) is 6.07 Å². The molecule has 0 aliphatic rings. The molecule has 124 valence electrons. The van der Waals surface area contributed by atoms with Crippen molar-refractivity contribution in [1.82, 2.24) is 15.3 Å². The summed E-state index contributed by atoms with van der Waals surface area (Å²) in [5.41, 5.74) is 0.657. The number of aromatic nitrogens is 2. The Labute approximate surface area is 144 Å². The van der Waals surface area contributed by atoms with Crippen LogP contribution in [-0.4, -0.2) is 21.7 Å². The van der Waals surface area contributed by atoms with E-state index in [-0.39, 0.29) is 16.6 Å². The van der Waals surface area contributed by atoms with E-state index < -0.39 is 11.9 Å². The van der Waals surface area contributed by atoms with Crippen LogP contribution in [-0.2, 0) is 0 Å². The van der Waals surface area contributed by atoms with Gasteiger partial charge in [0.1, 0.15) is 17.6 Å². The van der Waals surface area contributed by atoms with Crippen molar-refractivity contribution in [3.8, 4) is 11.8 Å². The standard InChI is InChI=1S/C16H16FN5OS/c1-3-23-12-6-7-19-15(14(12)17)10(2)21-16(24)22-13-5-4-11(8-18)9-20-13/h4-7,9-10H,3H2,1-2H3,(H2,20,21,22,24). The molecule has 0 aliphatic carbocycles. The minimum Gasteiger partial charge on any atom is -0.491 e. The SMILES string of the molecule is CCOc1ccnc(C(C)NC(=S)Nc2ccc(C#N)cn2)c1F. The zero-order valence-electron chi connectivity index (χ0n) is 13.2. The summed E-state index contributed by atoms with van der Waals surface area (Å²) in [7, 11) is 0. The minimum absolute atomic E-state index is 0.156. The summed E-state index contributed by atoms with van der Waals surface area (Å²) in [6.07, 6.45) is 2.92. The lowest BCUT2D eigenvalue weighted by atomic mass is 10.2. The molecule has 2 heterocycles. The number of hydrogen-bond acceptors (Lipinski definition) is 5. The Bertz CT molecular complexity index is 760. The first kappa shape index (κ1) is 17.6. The third-order valence-electron chi connectivity index (χ3n) is 3.07. The molecule has 8 heteroatoms. The molecule has 2 N–H and O–H groups in total. The fraction of sp³-hybridized carbons (Fsp3) is 0.250. The summed E-state index contributed by atoms with van der Waals surface area (Å²) in [6.45, 7) is 3.89. The third-order valence-corrected chi connectivity index (χ3v) is 3.29. The van der Waals surface area contributed by atoms with E-state index in [1.165, 1.54) is 18.5 Å². The second-order valence-electron chi connectivity index (χ2n) is 4.81. The lowest BCUT2D eigenvalue weighted by molar-refractivity contribution is 0.317. The number of thiocarbonyl (C=S) groups is 1. The normalized spacial score (nSPS) is 11.2. The molecule has 1 atom stereocenters. The van der Waals surface area contributed by atoms with Gasteiger partial charge < -0.3 is 15.4 Å². The molecule has 0 radical (unpaired) electrons. The number of nitrogens with zero attached hydrogens (tertiary/aromatic N) is 3. The summed E-state index contributed by atoms with van der Waals surface area (Å²) >= 11 is 5.19. The highest BCUT2D eigenvalue weighted by molar-refractivity contribution is 7.80. The van der Waals surface area contributed by atoms with Gasteiger partial charge in [-0.2, -0.15) is 5.26 Å². The molecular formula is C16H16FN5OS. The monoisotopic (exact) mass is 345 g/mol. The molecule has 24 heavy (non-hydrogen) atoms. The molecule has 0 spiro atoms. The van der Waals surface area contributed by atoms with E-state index in [2.05, 4.69) is 20.6 Å². The highest BCUT2D eigenvalue weighted by atomic mass is 32.1. The number of rotatable bonds is 5. The largest absolute Gasteiger partial charge is 0.491 e. The Hall–Kier alpha value is -2.79. The first-order chi connectivity index (χ1) is 11.5. The van der Waals surface area contributed by atoms with Crippen LogP contribution in [0, 0.1) is 17.1 Å². The topological polar surface area (TPSA) is 82.9 Å². The zero-order chi connectivity index (χ0) is 17.5. The van der Waals surface area contributed by atoms with E-state index in [0.717, 1.165) is 0 Å². The Kier molecular flexibility index (Phi) is 5.98. The molecule has 2 aromatic rings. The van der Waals surface area contributed by atoms with Gasteiger partial charge in [-0.3, -0.25) is 4.98 Å². The Morgan fingerprint density at radius 2 is 2.21 bits per heavy atom. The van der Waals surface area contributed by atoms with Crippen molar-refractivity contribution in [2.45, 2.75) is 19.9 Å².